The summed E-state index contributed by atoms with van der Waals surface area (Å²) in [5.41, 5.74) is 1.11. The largest absolute Gasteiger partial charge is 0.376 e. The zero-order valence-electron chi connectivity index (χ0n) is 11.8. The number of aliphatic imine (C=N–C) groups is 1. The van der Waals surface area contributed by atoms with Crippen LogP contribution in [0.3, 0.4) is 0 Å². The van der Waals surface area contributed by atoms with Crippen molar-refractivity contribution in [3.8, 4) is 0 Å². The molecule has 0 bridgehead atoms. The summed E-state index contributed by atoms with van der Waals surface area (Å²) in [5.74, 6) is 0.806. The first-order chi connectivity index (χ1) is 9.19. The number of guanidine groups is 1. The van der Waals surface area contributed by atoms with Crippen molar-refractivity contribution in [2.75, 3.05) is 20.2 Å². The molecule has 19 heavy (non-hydrogen) atoms. The molecule has 1 fully saturated rings. The SMILES string of the molecule is CN=C(NCc1nc(C)c(C)s1)NCC1CCCO1. The van der Waals surface area contributed by atoms with Crippen LogP contribution in [0.25, 0.3) is 0 Å². The fourth-order valence-corrected chi connectivity index (χ4v) is 2.88. The van der Waals surface area contributed by atoms with Crippen LogP contribution in [0.5, 0.6) is 0 Å². The van der Waals surface area contributed by atoms with Gasteiger partial charge in [0.05, 0.1) is 18.3 Å². The minimum Gasteiger partial charge on any atom is -0.376 e. The zero-order chi connectivity index (χ0) is 13.7. The summed E-state index contributed by atoms with van der Waals surface area (Å²) in [6.07, 6.45) is 2.62. The Hall–Kier alpha value is -1.14. The second-order valence-electron chi connectivity index (χ2n) is 4.69. The minimum absolute atomic E-state index is 0.322. The zero-order valence-corrected chi connectivity index (χ0v) is 12.6. The molecule has 0 radical (unpaired) electrons. The smallest absolute Gasteiger partial charge is 0.191 e. The average Bonchev–Trinajstić information content (AvgIpc) is 3.01. The summed E-state index contributed by atoms with van der Waals surface area (Å²) >= 11 is 1.73. The van der Waals surface area contributed by atoms with E-state index in [0.29, 0.717) is 12.6 Å². The van der Waals surface area contributed by atoms with Crippen molar-refractivity contribution in [3.63, 3.8) is 0 Å². The van der Waals surface area contributed by atoms with Crippen LogP contribution in [-0.2, 0) is 11.3 Å². The third-order valence-electron chi connectivity index (χ3n) is 3.22. The molecule has 1 aliphatic heterocycles. The summed E-state index contributed by atoms with van der Waals surface area (Å²) in [7, 11) is 1.78. The van der Waals surface area contributed by atoms with Crippen LogP contribution in [0.1, 0.15) is 28.4 Å². The van der Waals surface area contributed by atoms with Gasteiger partial charge in [-0.2, -0.15) is 0 Å². The molecule has 0 aliphatic carbocycles. The van der Waals surface area contributed by atoms with Crippen LogP contribution < -0.4 is 10.6 Å². The maximum atomic E-state index is 5.57. The predicted molar refractivity (Wildman–Crippen MR) is 78.8 cm³/mol. The third-order valence-corrected chi connectivity index (χ3v) is 4.30. The Morgan fingerprint density at radius 3 is 2.89 bits per heavy atom. The lowest BCUT2D eigenvalue weighted by molar-refractivity contribution is 0.114. The van der Waals surface area contributed by atoms with Crippen LogP contribution in [0.4, 0.5) is 0 Å². The molecule has 1 aromatic rings. The maximum Gasteiger partial charge on any atom is 0.191 e. The summed E-state index contributed by atoms with van der Waals surface area (Å²) < 4.78 is 5.57. The highest BCUT2D eigenvalue weighted by Gasteiger charge is 2.15. The summed E-state index contributed by atoms with van der Waals surface area (Å²) in [5, 5.41) is 7.67. The van der Waals surface area contributed by atoms with Gasteiger partial charge in [-0.25, -0.2) is 4.98 Å². The van der Waals surface area contributed by atoms with E-state index in [1.165, 1.54) is 4.88 Å². The lowest BCUT2D eigenvalue weighted by Gasteiger charge is -2.14. The first-order valence-electron chi connectivity index (χ1n) is 6.68. The number of rotatable bonds is 4. The summed E-state index contributed by atoms with van der Waals surface area (Å²) in [4.78, 5) is 9.99. The molecule has 1 unspecified atom stereocenters. The van der Waals surface area contributed by atoms with E-state index in [1.807, 2.05) is 6.92 Å². The van der Waals surface area contributed by atoms with Crippen molar-refractivity contribution < 1.29 is 4.74 Å². The molecule has 0 aromatic carbocycles. The van der Waals surface area contributed by atoms with E-state index in [1.54, 1.807) is 18.4 Å². The molecule has 106 valence electrons. The molecule has 1 saturated heterocycles. The summed E-state index contributed by atoms with van der Waals surface area (Å²) in [6.45, 7) is 6.55. The molecular weight excluding hydrogens is 260 g/mol. The van der Waals surface area contributed by atoms with Gasteiger partial charge in [0.1, 0.15) is 5.01 Å². The Labute approximate surface area is 118 Å². The molecule has 1 aromatic heterocycles. The minimum atomic E-state index is 0.322. The van der Waals surface area contributed by atoms with E-state index in [2.05, 4.69) is 27.5 Å². The van der Waals surface area contributed by atoms with Crippen LogP contribution in [0, 0.1) is 13.8 Å². The molecule has 2 N–H and O–H groups in total. The van der Waals surface area contributed by atoms with Gasteiger partial charge in [-0.3, -0.25) is 4.99 Å². The van der Waals surface area contributed by atoms with Gasteiger partial charge in [-0.05, 0) is 26.7 Å². The van der Waals surface area contributed by atoms with Crippen molar-refractivity contribution >= 4 is 17.3 Å². The Balaban J connectivity index is 1.76. The van der Waals surface area contributed by atoms with Gasteiger partial charge < -0.3 is 15.4 Å². The van der Waals surface area contributed by atoms with Crippen molar-refractivity contribution in [3.05, 3.63) is 15.6 Å². The molecule has 0 amide bonds. The molecule has 0 saturated carbocycles. The van der Waals surface area contributed by atoms with Gasteiger partial charge in [0.15, 0.2) is 5.96 Å². The molecule has 1 aliphatic rings. The number of thiazole rings is 1. The first-order valence-corrected chi connectivity index (χ1v) is 7.49. The third kappa shape index (κ3) is 4.18. The predicted octanol–water partition coefficient (Wildman–Crippen LogP) is 1.60. The molecule has 5 nitrogen and oxygen atoms in total. The van der Waals surface area contributed by atoms with E-state index < -0.39 is 0 Å². The monoisotopic (exact) mass is 282 g/mol. The summed E-state index contributed by atoms with van der Waals surface area (Å²) in [6, 6.07) is 0. The number of aryl methyl sites for hydroxylation is 2. The van der Waals surface area contributed by atoms with Gasteiger partial charge in [0.25, 0.3) is 0 Å². The van der Waals surface area contributed by atoms with E-state index in [9.17, 15) is 0 Å². The van der Waals surface area contributed by atoms with Gasteiger partial charge in [-0.15, -0.1) is 11.3 Å². The topological polar surface area (TPSA) is 58.5 Å². The number of nitrogens with zero attached hydrogens (tertiary/aromatic N) is 2. The Bertz CT molecular complexity index is 418. The van der Waals surface area contributed by atoms with E-state index >= 15 is 0 Å². The second kappa shape index (κ2) is 6.86. The maximum absolute atomic E-state index is 5.57. The van der Waals surface area contributed by atoms with Crippen LogP contribution >= 0.6 is 11.3 Å². The fraction of sp³-hybridized carbons (Fsp3) is 0.692. The highest BCUT2D eigenvalue weighted by Crippen LogP contribution is 2.15. The molecule has 1 atom stereocenters. The quantitative estimate of drug-likeness (QED) is 0.650. The van der Waals surface area contributed by atoms with Crippen molar-refractivity contribution in [1.82, 2.24) is 15.6 Å². The number of nitrogens with one attached hydrogen (secondary N) is 2. The van der Waals surface area contributed by atoms with Gasteiger partial charge in [0.2, 0.25) is 0 Å². The van der Waals surface area contributed by atoms with Crippen molar-refractivity contribution in [1.29, 1.82) is 0 Å². The molecule has 6 heteroatoms. The standard InChI is InChI=1S/C13H22N4OS/c1-9-10(2)19-12(17-9)8-16-13(14-3)15-7-11-5-4-6-18-11/h11H,4-8H2,1-3H3,(H2,14,15,16). The van der Waals surface area contributed by atoms with E-state index in [-0.39, 0.29) is 0 Å². The highest BCUT2D eigenvalue weighted by molar-refractivity contribution is 7.11. The number of aromatic nitrogens is 1. The molecule has 2 heterocycles. The molecule has 0 spiro atoms. The van der Waals surface area contributed by atoms with Crippen LogP contribution in [-0.4, -0.2) is 37.2 Å². The van der Waals surface area contributed by atoms with Crippen molar-refractivity contribution in [2.24, 2.45) is 4.99 Å². The van der Waals surface area contributed by atoms with Crippen LogP contribution in [0.2, 0.25) is 0 Å². The molecule has 2 rings (SSSR count). The number of hydrogen-bond acceptors (Lipinski definition) is 4. The van der Waals surface area contributed by atoms with Gasteiger partial charge in [0, 0.05) is 25.1 Å². The fourth-order valence-electron chi connectivity index (χ4n) is 2.01. The van der Waals surface area contributed by atoms with Gasteiger partial charge in [-0.1, -0.05) is 0 Å². The Morgan fingerprint density at radius 1 is 1.47 bits per heavy atom. The Morgan fingerprint density at radius 2 is 2.32 bits per heavy atom. The van der Waals surface area contributed by atoms with E-state index in [4.69, 9.17) is 4.74 Å². The van der Waals surface area contributed by atoms with Gasteiger partial charge >= 0.3 is 0 Å². The van der Waals surface area contributed by atoms with E-state index in [0.717, 1.165) is 42.7 Å². The lowest BCUT2D eigenvalue weighted by Crippen LogP contribution is -2.40. The number of ether oxygens (including phenoxy) is 1. The second-order valence-corrected chi connectivity index (χ2v) is 5.98. The molecular formula is C13H22N4OS. The Kier molecular flexibility index (Phi) is 5.15. The van der Waals surface area contributed by atoms with Crippen LogP contribution in [0.15, 0.2) is 4.99 Å². The highest BCUT2D eigenvalue weighted by atomic mass is 32.1. The normalized spacial score (nSPS) is 19.7. The lowest BCUT2D eigenvalue weighted by atomic mass is 10.2. The number of hydrogen-bond donors (Lipinski definition) is 2. The average molecular weight is 282 g/mol. The van der Waals surface area contributed by atoms with Crippen molar-refractivity contribution in [2.45, 2.75) is 39.3 Å². The first kappa shape index (κ1) is 14.3.